The van der Waals surface area contributed by atoms with Crippen LogP contribution >= 0.6 is 0 Å². The molecule has 0 bridgehead atoms. The summed E-state index contributed by atoms with van der Waals surface area (Å²) in [4.78, 5) is 69.5. The fraction of sp³-hybridized carbons (Fsp3) is 0.389. The van der Waals surface area contributed by atoms with E-state index in [1.54, 1.807) is 36.0 Å². The van der Waals surface area contributed by atoms with Crippen molar-refractivity contribution in [3.63, 3.8) is 0 Å². The number of rotatable bonds is 7. The molecule has 2 aromatic heterocycles. The van der Waals surface area contributed by atoms with Crippen molar-refractivity contribution in [1.82, 2.24) is 40.4 Å². The number of hydrogen-bond acceptors (Lipinski definition) is 8. The van der Waals surface area contributed by atoms with Gasteiger partial charge in [-0.15, -0.1) is 0 Å². The monoisotopic (exact) mass is 678 g/mol. The number of ether oxygens (including phenoxy) is 2. The number of carbonyl (C=O) groups excluding carboxylic acids is 4. The molecule has 14 nitrogen and oxygen atoms in total. The lowest BCUT2D eigenvalue weighted by Gasteiger charge is -2.26. The highest BCUT2D eigenvalue weighted by Crippen LogP contribution is 2.35. The molecule has 4 fully saturated rings. The zero-order valence-electron chi connectivity index (χ0n) is 27.7. The predicted molar refractivity (Wildman–Crippen MR) is 180 cm³/mol. The SMILES string of the molecule is C[C@H]1OC(=O)N[C@@H]1C(=O)N1CCCC1c1ncc(-c2ccc(-c3ccc(-c4cnc(C5CCCN5C(=O)[C@H]5NC(=O)O[C@@H]5C)[nH]4)cc3)cc2)[nH]1. The van der Waals surface area contributed by atoms with Crippen LogP contribution in [0.2, 0.25) is 0 Å². The first-order chi connectivity index (χ1) is 24.2. The summed E-state index contributed by atoms with van der Waals surface area (Å²) in [5, 5.41) is 5.26. The van der Waals surface area contributed by atoms with E-state index >= 15 is 0 Å². The van der Waals surface area contributed by atoms with E-state index in [4.69, 9.17) is 9.47 Å². The van der Waals surface area contributed by atoms with Crippen LogP contribution in [0.25, 0.3) is 33.6 Å². The number of alkyl carbamates (subject to hydrolysis) is 2. The first-order valence-electron chi connectivity index (χ1n) is 17.1. The Bertz CT molecular complexity index is 1800. The quantitative estimate of drug-likeness (QED) is 0.222. The zero-order chi connectivity index (χ0) is 34.5. The summed E-state index contributed by atoms with van der Waals surface area (Å²) < 4.78 is 10.2. The highest BCUT2D eigenvalue weighted by atomic mass is 16.6. The van der Waals surface area contributed by atoms with Gasteiger partial charge in [0.05, 0.1) is 35.9 Å². The fourth-order valence-corrected chi connectivity index (χ4v) is 7.53. The highest BCUT2D eigenvalue weighted by Gasteiger charge is 2.44. The van der Waals surface area contributed by atoms with Crippen molar-refractivity contribution < 1.29 is 28.7 Å². The predicted octanol–water partition coefficient (Wildman–Crippen LogP) is 4.45. The Morgan fingerprint density at radius 3 is 1.38 bits per heavy atom. The summed E-state index contributed by atoms with van der Waals surface area (Å²) in [5.41, 5.74) is 5.80. The zero-order valence-corrected chi connectivity index (χ0v) is 27.7. The number of nitrogens with one attached hydrogen (secondary N) is 4. The Morgan fingerprint density at radius 1 is 0.640 bits per heavy atom. The number of hydrogen-bond donors (Lipinski definition) is 4. The molecule has 4 N–H and O–H groups in total. The topological polar surface area (TPSA) is 175 Å². The molecular weight excluding hydrogens is 640 g/mol. The minimum Gasteiger partial charge on any atom is -0.444 e. The van der Waals surface area contributed by atoms with Crippen molar-refractivity contribution in [2.45, 2.75) is 75.9 Å². The van der Waals surface area contributed by atoms with Gasteiger partial charge in [-0.05, 0) is 61.8 Å². The summed E-state index contributed by atoms with van der Waals surface area (Å²) in [6, 6.07) is 14.7. The fourth-order valence-electron chi connectivity index (χ4n) is 7.53. The van der Waals surface area contributed by atoms with Gasteiger partial charge in [0, 0.05) is 13.1 Å². The minimum atomic E-state index is -0.690. The van der Waals surface area contributed by atoms with Crippen LogP contribution in [0, 0.1) is 0 Å². The molecule has 8 rings (SSSR count). The molecule has 0 aliphatic carbocycles. The highest BCUT2D eigenvalue weighted by molar-refractivity contribution is 5.90. The van der Waals surface area contributed by atoms with Crippen molar-refractivity contribution in [3.8, 4) is 33.6 Å². The van der Waals surface area contributed by atoms with Gasteiger partial charge >= 0.3 is 12.2 Å². The number of benzene rings is 2. The van der Waals surface area contributed by atoms with E-state index < -0.39 is 36.5 Å². The molecule has 4 aromatic rings. The third-order valence-electron chi connectivity index (χ3n) is 10.2. The third-order valence-corrected chi connectivity index (χ3v) is 10.2. The average molecular weight is 679 g/mol. The summed E-state index contributed by atoms with van der Waals surface area (Å²) in [7, 11) is 0. The van der Waals surface area contributed by atoms with Crippen LogP contribution in [-0.4, -0.2) is 91.1 Å². The number of imidazole rings is 2. The Balaban J connectivity index is 0.921. The average Bonchev–Trinajstić information content (AvgIpc) is 3.97. The van der Waals surface area contributed by atoms with Gasteiger partial charge in [0.25, 0.3) is 0 Å². The Hall–Kier alpha value is -5.66. The maximum Gasteiger partial charge on any atom is 0.408 e. The van der Waals surface area contributed by atoms with Crippen molar-refractivity contribution in [2.75, 3.05) is 13.1 Å². The minimum absolute atomic E-state index is 0.151. The Labute approximate surface area is 287 Å². The molecular formula is C36H38N8O6. The molecule has 4 saturated heterocycles. The second-order valence-corrected chi connectivity index (χ2v) is 13.4. The van der Waals surface area contributed by atoms with Crippen molar-refractivity contribution in [3.05, 3.63) is 72.6 Å². The number of nitrogens with zero attached hydrogens (tertiary/aromatic N) is 4. The van der Waals surface area contributed by atoms with Gasteiger partial charge in [0.2, 0.25) is 11.8 Å². The van der Waals surface area contributed by atoms with Crippen molar-refractivity contribution >= 4 is 24.0 Å². The van der Waals surface area contributed by atoms with E-state index in [0.29, 0.717) is 13.1 Å². The number of aromatic amines is 2. The Morgan fingerprint density at radius 2 is 1.02 bits per heavy atom. The first kappa shape index (κ1) is 31.6. The van der Waals surface area contributed by atoms with Crippen molar-refractivity contribution in [1.29, 1.82) is 0 Å². The molecule has 2 unspecified atom stereocenters. The van der Waals surface area contributed by atoms with Crippen LogP contribution in [0.1, 0.15) is 63.3 Å². The summed E-state index contributed by atoms with van der Waals surface area (Å²) >= 11 is 0. The lowest BCUT2D eigenvalue weighted by molar-refractivity contribution is -0.136. The number of cyclic esters (lactones) is 2. The molecule has 0 saturated carbocycles. The van der Waals surface area contributed by atoms with Gasteiger partial charge in [0.1, 0.15) is 35.9 Å². The van der Waals surface area contributed by atoms with Crippen LogP contribution in [0.3, 0.4) is 0 Å². The number of H-pyrrole nitrogens is 2. The maximum absolute atomic E-state index is 13.2. The van der Waals surface area contributed by atoms with Gasteiger partial charge in [0.15, 0.2) is 0 Å². The Kier molecular flexibility index (Phi) is 8.00. The molecule has 4 aliphatic rings. The number of aromatic nitrogens is 4. The molecule has 6 atom stereocenters. The van der Waals surface area contributed by atoms with Crippen LogP contribution in [-0.2, 0) is 19.1 Å². The van der Waals surface area contributed by atoms with Crippen LogP contribution < -0.4 is 10.6 Å². The third kappa shape index (κ3) is 5.73. The van der Waals surface area contributed by atoms with E-state index in [1.165, 1.54) is 0 Å². The van der Waals surface area contributed by atoms with E-state index in [2.05, 4.69) is 54.8 Å². The summed E-state index contributed by atoms with van der Waals surface area (Å²) in [6.07, 6.45) is 4.72. The molecule has 14 heteroatoms. The standard InChI is InChI=1S/C36H38N8O6/c1-19-29(41-35(47)49-19)33(45)43-15-3-5-27(43)31-37-17-25(39-31)23-11-7-21(8-12-23)22-9-13-24(14-10-22)26-18-38-32(40-26)28-6-4-16-44(28)34(46)30-20(2)50-36(48)42-30/h7-14,17-20,27-30H,3-6,15-16H2,1-2H3,(H,37,39)(H,38,40)(H,41,47)(H,42,48)/t19-,20-,27?,28?,29+,30+/m1/s1. The smallest absolute Gasteiger partial charge is 0.408 e. The van der Waals surface area contributed by atoms with Gasteiger partial charge in [-0.2, -0.15) is 0 Å². The van der Waals surface area contributed by atoms with Gasteiger partial charge in [-0.1, -0.05) is 48.5 Å². The molecule has 4 aliphatic heterocycles. The first-order valence-corrected chi connectivity index (χ1v) is 17.1. The second kappa shape index (κ2) is 12.7. The van der Waals surface area contributed by atoms with Crippen molar-refractivity contribution in [2.24, 2.45) is 0 Å². The number of likely N-dealkylation sites (tertiary alicyclic amines) is 2. The number of amides is 4. The molecule has 2 aromatic carbocycles. The largest absolute Gasteiger partial charge is 0.444 e. The van der Waals surface area contributed by atoms with Gasteiger partial charge in [-0.3, -0.25) is 9.59 Å². The normalized spacial score (nSPS) is 26.1. The van der Waals surface area contributed by atoms with Gasteiger partial charge in [-0.25, -0.2) is 19.6 Å². The van der Waals surface area contributed by atoms with E-state index in [0.717, 1.165) is 71.0 Å². The second-order valence-electron chi connectivity index (χ2n) is 13.4. The van der Waals surface area contributed by atoms with E-state index in [9.17, 15) is 19.2 Å². The molecule has 258 valence electrons. The molecule has 0 spiro atoms. The van der Waals surface area contributed by atoms with Crippen LogP contribution in [0.4, 0.5) is 9.59 Å². The molecule has 50 heavy (non-hydrogen) atoms. The van der Waals surface area contributed by atoms with E-state index in [-0.39, 0.29) is 23.9 Å². The van der Waals surface area contributed by atoms with E-state index in [1.807, 2.05) is 24.3 Å². The summed E-state index contributed by atoms with van der Waals surface area (Å²) in [5.74, 6) is 1.15. The lowest BCUT2D eigenvalue weighted by Crippen LogP contribution is -2.47. The van der Waals surface area contributed by atoms with Gasteiger partial charge < -0.3 is 39.9 Å². The number of carbonyl (C=O) groups is 4. The molecule has 4 amide bonds. The van der Waals surface area contributed by atoms with Crippen LogP contribution in [0.15, 0.2) is 60.9 Å². The maximum atomic E-state index is 13.2. The molecule has 6 heterocycles. The van der Waals surface area contributed by atoms with Crippen LogP contribution in [0.5, 0.6) is 0 Å². The lowest BCUT2D eigenvalue weighted by atomic mass is 10.0. The molecule has 0 radical (unpaired) electrons. The summed E-state index contributed by atoms with van der Waals surface area (Å²) in [6.45, 7) is 4.65.